The number of hydrogen-bond acceptors (Lipinski definition) is 5. The van der Waals surface area contributed by atoms with Gasteiger partial charge in [-0.25, -0.2) is 0 Å². The van der Waals surface area contributed by atoms with E-state index in [1.54, 1.807) is 0 Å². The molecule has 0 aromatic heterocycles. The van der Waals surface area contributed by atoms with Crippen molar-refractivity contribution >= 4 is 11.9 Å². The van der Waals surface area contributed by atoms with Crippen LogP contribution in [0.4, 0.5) is 0 Å². The summed E-state index contributed by atoms with van der Waals surface area (Å²) in [7, 11) is 2.13. The van der Waals surface area contributed by atoms with Crippen molar-refractivity contribution in [1.82, 2.24) is 4.90 Å². The van der Waals surface area contributed by atoms with Gasteiger partial charge in [0.05, 0.1) is 19.1 Å². The number of hydrogen-bond donors (Lipinski definition) is 0. The Morgan fingerprint density at radius 1 is 0.614 bits per heavy atom. The molecule has 0 N–H and O–H groups in total. The van der Waals surface area contributed by atoms with E-state index in [2.05, 4.69) is 25.8 Å². The minimum absolute atomic E-state index is 0. The number of rotatable bonds is 30. The highest BCUT2D eigenvalue weighted by molar-refractivity contribution is 5.72. The molecule has 1 aliphatic heterocycles. The van der Waals surface area contributed by atoms with Crippen molar-refractivity contribution in [2.24, 2.45) is 11.8 Å². The third-order valence-corrected chi connectivity index (χ3v) is 9.48. The third-order valence-electron chi connectivity index (χ3n) is 9.48. The van der Waals surface area contributed by atoms with Crippen molar-refractivity contribution < 1.29 is 19.1 Å². The summed E-state index contributed by atoms with van der Waals surface area (Å²) >= 11 is 0. The van der Waals surface area contributed by atoms with Crippen LogP contribution in [0.5, 0.6) is 0 Å². The average molecular weight is 624 g/mol. The fourth-order valence-electron chi connectivity index (χ4n) is 6.34. The number of ether oxygens (including phenoxy) is 2. The minimum atomic E-state index is -0.0125. The van der Waals surface area contributed by atoms with Gasteiger partial charge in [0.1, 0.15) is 0 Å². The van der Waals surface area contributed by atoms with Crippen LogP contribution in [0.3, 0.4) is 0 Å². The molecule has 0 bridgehead atoms. The second-order valence-electron chi connectivity index (χ2n) is 13.7. The summed E-state index contributed by atoms with van der Waals surface area (Å²) in [6.07, 6.45) is 32.6. The maximum absolute atomic E-state index is 12.7. The normalized spacial score (nSPS) is 14.7. The van der Waals surface area contributed by atoms with Crippen LogP contribution in [0, 0.1) is 11.8 Å². The van der Waals surface area contributed by atoms with Crippen LogP contribution >= 0.6 is 0 Å². The summed E-state index contributed by atoms with van der Waals surface area (Å²) < 4.78 is 11.3. The van der Waals surface area contributed by atoms with Gasteiger partial charge in [0, 0.05) is 6.42 Å². The standard InChI is InChI=1S/C38H73NO4.CH4/c1-4-6-8-10-12-14-18-22-26-35(34-43-38(41)36-29-31-39(3)32-30-36)27-23-19-15-16-20-24-28-37(40)42-33-25-21-17-13-11-9-7-5-2;/h35-36H,4-34H2,1-3H3;1H4. The highest BCUT2D eigenvalue weighted by atomic mass is 16.5. The lowest BCUT2D eigenvalue weighted by Crippen LogP contribution is -2.34. The molecule has 1 saturated heterocycles. The molecule has 1 rings (SSSR count). The molecule has 1 heterocycles. The predicted octanol–water partition coefficient (Wildman–Crippen LogP) is 11.5. The molecular weight excluding hydrogens is 546 g/mol. The zero-order valence-electron chi connectivity index (χ0n) is 29.2. The van der Waals surface area contributed by atoms with Crippen molar-refractivity contribution in [3.63, 3.8) is 0 Å². The molecule has 1 unspecified atom stereocenters. The molecule has 0 aromatic rings. The molecule has 1 aliphatic rings. The topological polar surface area (TPSA) is 55.8 Å². The number of carbonyl (C=O) groups excluding carboxylic acids is 2. The molecule has 0 saturated carbocycles. The summed E-state index contributed by atoms with van der Waals surface area (Å²) in [6, 6.07) is 0. The first kappa shape index (κ1) is 42.9. The Morgan fingerprint density at radius 3 is 1.55 bits per heavy atom. The number of likely N-dealkylation sites (tertiary alicyclic amines) is 1. The van der Waals surface area contributed by atoms with E-state index in [0.29, 0.717) is 25.6 Å². The quantitative estimate of drug-likeness (QED) is 0.0588. The van der Waals surface area contributed by atoms with E-state index >= 15 is 0 Å². The predicted molar refractivity (Wildman–Crippen MR) is 189 cm³/mol. The molecule has 0 amide bonds. The number of piperidine rings is 1. The van der Waals surface area contributed by atoms with E-state index in [0.717, 1.165) is 45.2 Å². The van der Waals surface area contributed by atoms with E-state index in [1.807, 2.05) is 0 Å². The molecule has 0 radical (unpaired) electrons. The zero-order valence-corrected chi connectivity index (χ0v) is 29.2. The Kier molecular flexibility index (Phi) is 31.1. The van der Waals surface area contributed by atoms with Crippen LogP contribution in [0.15, 0.2) is 0 Å². The maximum atomic E-state index is 12.7. The first-order valence-corrected chi connectivity index (χ1v) is 19.1. The average Bonchev–Trinajstić information content (AvgIpc) is 3.01. The van der Waals surface area contributed by atoms with Crippen LogP contribution in [-0.4, -0.2) is 50.2 Å². The molecule has 5 nitrogen and oxygen atoms in total. The minimum Gasteiger partial charge on any atom is -0.466 e. The van der Waals surface area contributed by atoms with E-state index in [4.69, 9.17) is 9.47 Å². The van der Waals surface area contributed by atoms with Gasteiger partial charge in [0.15, 0.2) is 0 Å². The lowest BCUT2D eigenvalue weighted by atomic mass is 9.94. The summed E-state index contributed by atoms with van der Waals surface area (Å²) in [4.78, 5) is 27.0. The zero-order chi connectivity index (χ0) is 31.2. The van der Waals surface area contributed by atoms with Gasteiger partial charge in [-0.05, 0) is 64.6 Å². The molecule has 5 heteroatoms. The molecule has 0 spiro atoms. The fourth-order valence-corrected chi connectivity index (χ4v) is 6.34. The number of esters is 2. The Morgan fingerprint density at radius 2 is 1.05 bits per heavy atom. The molecule has 1 fully saturated rings. The number of carbonyl (C=O) groups is 2. The Bertz CT molecular complexity index is 632. The SMILES string of the molecule is C.CCCCCCCCCCOC(=O)CCCCCCCCC(CCCCCCCCCC)COC(=O)C1CCN(C)CC1. The Hall–Kier alpha value is -1.10. The van der Waals surface area contributed by atoms with Gasteiger partial charge < -0.3 is 14.4 Å². The number of unbranched alkanes of at least 4 members (excludes halogenated alkanes) is 19. The van der Waals surface area contributed by atoms with Gasteiger partial charge in [-0.15, -0.1) is 0 Å². The highest BCUT2D eigenvalue weighted by Crippen LogP contribution is 2.23. The smallest absolute Gasteiger partial charge is 0.309 e. The second kappa shape index (κ2) is 31.9. The monoisotopic (exact) mass is 624 g/mol. The van der Waals surface area contributed by atoms with E-state index in [9.17, 15) is 9.59 Å². The van der Waals surface area contributed by atoms with Crippen LogP contribution in [0.25, 0.3) is 0 Å². The summed E-state index contributed by atoms with van der Waals surface area (Å²) in [5.41, 5.74) is 0. The van der Waals surface area contributed by atoms with Crippen LogP contribution in [0.1, 0.15) is 195 Å². The van der Waals surface area contributed by atoms with Crippen molar-refractivity contribution in [3.8, 4) is 0 Å². The Labute approximate surface area is 275 Å². The summed E-state index contributed by atoms with van der Waals surface area (Å²) in [5.74, 6) is 0.639. The first-order chi connectivity index (χ1) is 21.1. The lowest BCUT2D eigenvalue weighted by Gasteiger charge is -2.28. The molecule has 262 valence electrons. The molecule has 44 heavy (non-hydrogen) atoms. The third kappa shape index (κ3) is 26.1. The van der Waals surface area contributed by atoms with E-state index in [-0.39, 0.29) is 25.3 Å². The van der Waals surface area contributed by atoms with Crippen LogP contribution in [0.2, 0.25) is 0 Å². The largest absolute Gasteiger partial charge is 0.466 e. The van der Waals surface area contributed by atoms with Gasteiger partial charge >= 0.3 is 11.9 Å². The molecular formula is C39H77NO4. The van der Waals surface area contributed by atoms with Gasteiger partial charge in [0.2, 0.25) is 0 Å². The Balaban J connectivity index is 0.0000185. The van der Waals surface area contributed by atoms with Crippen molar-refractivity contribution in [1.29, 1.82) is 0 Å². The van der Waals surface area contributed by atoms with Gasteiger partial charge in [-0.3, -0.25) is 9.59 Å². The lowest BCUT2D eigenvalue weighted by molar-refractivity contribution is -0.151. The summed E-state index contributed by atoms with van der Waals surface area (Å²) in [5, 5.41) is 0. The number of nitrogens with zero attached hydrogens (tertiary/aromatic N) is 1. The molecule has 1 atom stereocenters. The fraction of sp³-hybridized carbons (Fsp3) is 0.949. The molecule has 0 aliphatic carbocycles. The van der Waals surface area contributed by atoms with Crippen LogP contribution < -0.4 is 0 Å². The van der Waals surface area contributed by atoms with E-state index in [1.165, 1.54) is 135 Å². The van der Waals surface area contributed by atoms with Crippen molar-refractivity contribution in [2.75, 3.05) is 33.4 Å². The summed E-state index contributed by atoms with van der Waals surface area (Å²) in [6.45, 7) is 7.75. The maximum Gasteiger partial charge on any atom is 0.309 e. The van der Waals surface area contributed by atoms with Gasteiger partial charge in [0.25, 0.3) is 0 Å². The highest BCUT2D eigenvalue weighted by Gasteiger charge is 2.25. The van der Waals surface area contributed by atoms with Crippen molar-refractivity contribution in [2.45, 2.75) is 195 Å². The second-order valence-corrected chi connectivity index (χ2v) is 13.7. The van der Waals surface area contributed by atoms with Gasteiger partial charge in [-0.1, -0.05) is 150 Å². The van der Waals surface area contributed by atoms with Crippen LogP contribution in [-0.2, 0) is 19.1 Å². The molecule has 0 aromatic carbocycles. The van der Waals surface area contributed by atoms with E-state index < -0.39 is 0 Å². The van der Waals surface area contributed by atoms with Crippen molar-refractivity contribution in [3.05, 3.63) is 0 Å². The first-order valence-electron chi connectivity index (χ1n) is 19.1. The van der Waals surface area contributed by atoms with Gasteiger partial charge in [-0.2, -0.15) is 0 Å².